The van der Waals surface area contributed by atoms with Gasteiger partial charge in [-0.3, -0.25) is 14.6 Å². The standard InChI is InChI=1S/C23H35N3O2/c1-19-6-2-5-9-21(19)23(28)10-12-24(13-11-23)18-22(27)26-16-14-25(15-17-26)20-7-3-4-8-20/h2,5-6,9,20,28H,3-4,7-8,10-18H2,1H3. The molecule has 154 valence electrons. The number of hydrogen-bond acceptors (Lipinski definition) is 4. The third kappa shape index (κ3) is 4.27. The van der Waals surface area contributed by atoms with E-state index < -0.39 is 5.60 Å². The van der Waals surface area contributed by atoms with Gasteiger partial charge < -0.3 is 10.0 Å². The number of piperazine rings is 1. The summed E-state index contributed by atoms with van der Waals surface area (Å²) in [5.41, 5.74) is 1.44. The van der Waals surface area contributed by atoms with Crippen LogP contribution in [0.1, 0.15) is 49.7 Å². The van der Waals surface area contributed by atoms with Gasteiger partial charge in [-0.15, -0.1) is 0 Å². The molecule has 1 aromatic carbocycles. The van der Waals surface area contributed by atoms with Crippen molar-refractivity contribution in [3.63, 3.8) is 0 Å². The summed E-state index contributed by atoms with van der Waals surface area (Å²) in [4.78, 5) is 19.7. The lowest BCUT2D eigenvalue weighted by molar-refractivity contribution is -0.135. The molecule has 1 saturated carbocycles. The van der Waals surface area contributed by atoms with Crippen LogP contribution in [0.2, 0.25) is 0 Å². The minimum atomic E-state index is -0.752. The van der Waals surface area contributed by atoms with Gasteiger partial charge in [-0.05, 0) is 43.7 Å². The van der Waals surface area contributed by atoms with Crippen molar-refractivity contribution < 1.29 is 9.90 Å². The third-order valence-electron chi connectivity index (χ3n) is 7.20. The van der Waals surface area contributed by atoms with E-state index in [9.17, 15) is 9.90 Å². The lowest BCUT2D eigenvalue weighted by atomic mass is 9.82. The second-order valence-corrected chi connectivity index (χ2v) is 8.98. The fraction of sp³-hybridized carbons (Fsp3) is 0.696. The van der Waals surface area contributed by atoms with Crippen molar-refractivity contribution in [2.75, 3.05) is 45.8 Å². The number of amides is 1. The Hall–Kier alpha value is -1.43. The molecule has 5 heteroatoms. The Balaban J connectivity index is 1.25. The van der Waals surface area contributed by atoms with E-state index in [-0.39, 0.29) is 5.91 Å². The first kappa shape index (κ1) is 19.9. The van der Waals surface area contributed by atoms with Crippen molar-refractivity contribution in [2.24, 2.45) is 0 Å². The molecule has 0 atom stereocenters. The zero-order valence-electron chi connectivity index (χ0n) is 17.3. The quantitative estimate of drug-likeness (QED) is 0.864. The Labute approximate surface area is 169 Å². The van der Waals surface area contributed by atoms with E-state index in [1.54, 1.807) is 0 Å². The van der Waals surface area contributed by atoms with Crippen molar-refractivity contribution in [1.82, 2.24) is 14.7 Å². The molecule has 0 aromatic heterocycles. The highest BCUT2D eigenvalue weighted by atomic mass is 16.3. The van der Waals surface area contributed by atoms with Gasteiger partial charge in [0.2, 0.25) is 5.91 Å². The number of piperidine rings is 1. The lowest BCUT2D eigenvalue weighted by Crippen LogP contribution is -2.54. The smallest absolute Gasteiger partial charge is 0.236 e. The van der Waals surface area contributed by atoms with Crippen LogP contribution >= 0.6 is 0 Å². The van der Waals surface area contributed by atoms with E-state index in [0.717, 1.165) is 56.4 Å². The molecule has 1 amide bonds. The van der Waals surface area contributed by atoms with Crippen LogP contribution in [0.5, 0.6) is 0 Å². The maximum Gasteiger partial charge on any atom is 0.236 e. The molecular weight excluding hydrogens is 350 g/mol. The number of aliphatic hydroxyl groups is 1. The van der Waals surface area contributed by atoms with Crippen LogP contribution in [0.15, 0.2) is 24.3 Å². The fourth-order valence-electron chi connectivity index (χ4n) is 5.34. The topological polar surface area (TPSA) is 47.0 Å². The van der Waals surface area contributed by atoms with Gasteiger partial charge in [0, 0.05) is 45.3 Å². The minimum Gasteiger partial charge on any atom is -0.385 e. The molecule has 4 rings (SSSR count). The Kier molecular flexibility index (Phi) is 6.04. The second-order valence-electron chi connectivity index (χ2n) is 8.98. The van der Waals surface area contributed by atoms with Gasteiger partial charge in [-0.1, -0.05) is 37.1 Å². The first-order valence-electron chi connectivity index (χ1n) is 11.1. The molecule has 1 aliphatic carbocycles. The zero-order chi connectivity index (χ0) is 19.6. The number of nitrogens with zero attached hydrogens (tertiary/aromatic N) is 3. The summed E-state index contributed by atoms with van der Waals surface area (Å²) in [6, 6.07) is 8.89. The van der Waals surface area contributed by atoms with Gasteiger partial charge in [0.25, 0.3) is 0 Å². The summed E-state index contributed by atoms with van der Waals surface area (Å²) in [6.07, 6.45) is 6.81. The molecule has 5 nitrogen and oxygen atoms in total. The number of benzene rings is 1. The maximum absolute atomic E-state index is 12.8. The van der Waals surface area contributed by atoms with E-state index in [0.29, 0.717) is 19.4 Å². The number of carbonyl (C=O) groups excluding carboxylic acids is 1. The van der Waals surface area contributed by atoms with E-state index in [4.69, 9.17) is 0 Å². The SMILES string of the molecule is Cc1ccccc1C1(O)CCN(CC(=O)N2CCN(C3CCCC3)CC2)CC1. The predicted molar refractivity (Wildman–Crippen MR) is 111 cm³/mol. The van der Waals surface area contributed by atoms with Crippen LogP contribution in [-0.4, -0.2) is 77.6 Å². The van der Waals surface area contributed by atoms with Crippen LogP contribution in [-0.2, 0) is 10.4 Å². The molecule has 0 unspecified atom stereocenters. The van der Waals surface area contributed by atoms with Crippen molar-refractivity contribution in [2.45, 2.75) is 57.1 Å². The van der Waals surface area contributed by atoms with Gasteiger partial charge in [-0.25, -0.2) is 0 Å². The minimum absolute atomic E-state index is 0.257. The van der Waals surface area contributed by atoms with E-state index in [1.807, 2.05) is 23.1 Å². The van der Waals surface area contributed by atoms with E-state index >= 15 is 0 Å². The predicted octanol–water partition coefficient (Wildman–Crippen LogP) is 2.37. The van der Waals surface area contributed by atoms with Crippen molar-refractivity contribution >= 4 is 5.91 Å². The zero-order valence-corrected chi connectivity index (χ0v) is 17.3. The molecule has 2 aliphatic heterocycles. The number of aryl methyl sites for hydroxylation is 1. The lowest BCUT2D eigenvalue weighted by Gasteiger charge is -2.41. The molecule has 1 N–H and O–H groups in total. The Morgan fingerprint density at radius 1 is 1.04 bits per heavy atom. The molecular formula is C23H35N3O2. The second kappa shape index (κ2) is 8.52. The largest absolute Gasteiger partial charge is 0.385 e. The van der Waals surface area contributed by atoms with Gasteiger partial charge >= 0.3 is 0 Å². The van der Waals surface area contributed by atoms with Crippen molar-refractivity contribution in [3.05, 3.63) is 35.4 Å². The molecule has 3 aliphatic rings. The van der Waals surface area contributed by atoms with Gasteiger partial charge in [0.05, 0.1) is 12.1 Å². The van der Waals surface area contributed by atoms with Crippen LogP contribution in [0, 0.1) is 6.92 Å². The van der Waals surface area contributed by atoms with Crippen LogP contribution < -0.4 is 0 Å². The van der Waals surface area contributed by atoms with E-state index in [1.165, 1.54) is 25.7 Å². The van der Waals surface area contributed by atoms with Crippen molar-refractivity contribution in [1.29, 1.82) is 0 Å². The van der Waals surface area contributed by atoms with Gasteiger partial charge in [0.1, 0.15) is 0 Å². The first-order chi connectivity index (χ1) is 13.5. The highest BCUT2D eigenvalue weighted by Gasteiger charge is 2.36. The highest BCUT2D eigenvalue weighted by Crippen LogP contribution is 2.34. The molecule has 0 spiro atoms. The summed E-state index contributed by atoms with van der Waals surface area (Å²) < 4.78 is 0. The summed E-state index contributed by atoms with van der Waals surface area (Å²) in [6.45, 7) is 7.92. The van der Waals surface area contributed by atoms with Crippen LogP contribution in [0.4, 0.5) is 0 Å². The Morgan fingerprint density at radius 3 is 2.32 bits per heavy atom. The van der Waals surface area contributed by atoms with Crippen LogP contribution in [0.25, 0.3) is 0 Å². The summed E-state index contributed by atoms with van der Waals surface area (Å²) in [7, 11) is 0. The molecule has 3 fully saturated rings. The molecule has 1 aromatic rings. The molecule has 2 heterocycles. The van der Waals surface area contributed by atoms with E-state index in [2.05, 4.69) is 22.8 Å². The number of likely N-dealkylation sites (tertiary alicyclic amines) is 1. The normalized spacial score (nSPS) is 24.6. The molecule has 0 bridgehead atoms. The summed E-state index contributed by atoms with van der Waals surface area (Å²) >= 11 is 0. The third-order valence-corrected chi connectivity index (χ3v) is 7.20. The average molecular weight is 386 g/mol. The average Bonchev–Trinajstić information content (AvgIpc) is 3.25. The monoisotopic (exact) mass is 385 g/mol. The maximum atomic E-state index is 12.8. The summed E-state index contributed by atoms with van der Waals surface area (Å²) in [5, 5.41) is 11.1. The Morgan fingerprint density at radius 2 is 1.68 bits per heavy atom. The van der Waals surface area contributed by atoms with Crippen molar-refractivity contribution in [3.8, 4) is 0 Å². The molecule has 2 saturated heterocycles. The molecule has 28 heavy (non-hydrogen) atoms. The summed E-state index contributed by atoms with van der Waals surface area (Å²) in [5.74, 6) is 0.257. The van der Waals surface area contributed by atoms with Gasteiger partial charge in [0.15, 0.2) is 0 Å². The molecule has 0 radical (unpaired) electrons. The first-order valence-corrected chi connectivity index (χ1v) is 11.1. The fourth-order valence-corrected chi connectivity index (χ4v) is 5.34. The Bertz CT molecular complexity index is 670. The number of rotatable bonds is 4. The van der Waals surface area contributed by atoms with Gasteiger partial charge in [-0.2, -0.15) is 0 Å². The highest BCUT2D eigenvalue weighted by molar-refractivity contribution is 5.78. The number of carbonyl (C=O) groups is 1. The number of hydrogen-bond donors (Lipinski definition) is 1. The van der Waals surface area contributed by atoms with Crippen LogP contribution in [0.3, 0.4) is 0 Å².